The Kier molecular flexibility index (Phi) is 5.79. The molecule has 5 heteroatoms. The minimum absolute atomic E-state index is 0.594. The lowest BCUT2D eigenvalue weighted by Gasteiger charge is -2.34. The number of aromatic nitrogens is 1. The second-order valence-corrected chi connectivity index (χ2v) is 6.23. The Hall–Kier alpha value is -0.670. The van der Waals surface area contributed by atoms with E-state index in [0.29, 0.717) is 10.0 Å². The molecule has 1 atom stereocenters. The zero-order valence-electron chi connectivity index (χ0n) is 12.3. The van der Waals surface area contributed by atoms with Gasteiger partial charge in [-0.05, 0) is 31.2 Å². The zero-order chi connectivity index (χ0) is 14.5. The molecule has 1 fully saturated rings. The molecule has 1 saturated heterocycles. The Morgan fingerprint density at radius 1 is 1.35 bits per heavy atom. The van der Waals surface area contributed by atoms with Gasteiger partial charge in [0.25, 0.3) is 0 Å². The monoisotopic (exact) mass is 315 g/mol. The van der Waals surface area contributed by atoms with Crippen molar-refractivity contribution in [3.8, 4) is 0 Å². The van der Waals surface area contributed by atoms with E-state index in [0.717, 1.165) is 43.6 Å². The number of nitrogens with zero attached hydrogens (tertiary/aromatic N) is 2. The van der Waals surface area contributed by atoms with Crippen molar-refractivity contribution in [1.82, 2.24) is 4.98 Å². The maximum atomic E-state index is 6.34. The number of rotatable bonds is 5. The molecule has 1 aliphatic rings. The van der Waals surface area contributed by atoms with E-state index < -0.39 is 0 Å². The SMILES string of the molecule is CCCNc1nc(N2CCCC(CC)C2)c(Cl)cc1Cl. The average Bonchev–Trinajstić information content (AvgIpc) is 2.46. The molecule has 1 unspecified atom stereocenters. The first-order valence-corrected chi connectivity index (χ1v) is 8.26. The minimum Gasteiger partial charge on any atom is -0.369 e. The highest BCUT2D eigenvalue weighted by atomic mass is 35.5. The number of halogens is 2. The molecule has 0 saturated carbocycles. The van der Waals surface area contributed by atoms with Crippen molar-refractivity contribution in [2.75, 3.05) is 29.9 Å². The quantitative estimate of drug-likeness (QED) is 0.843. The maximum Gasteiger partial charge on any atom is 0.149 e. The summed E-state index contributed by atoms with van der Waals surface area (Å²) < 4.78 is 0. The summed E-state index contributed by atoms with van der Waals surface area (Å²) >= 11 is 12.5. The number of hydrogen-bond donors (Lipinski definition) is 1. The summed E-state index contributed by atoms with van der Waals surface area (Å²) in [7, 11) is 0. The van der Waals surface area contributed by atoms with Crippen LogP contribution in [-0.4, -0.2) is 24.6 Å². The number of hydrogen-bond acceptors (Lipinski definition) is 3. The summed E-state index contributed by atoms with van der Waals surface area (Å²) in [6, 6.07) is 1.80. The molecule has 0 bridgehead atoms. The van der Waals surface area contributed by atoms with Crippen LogP contribution in [-0.2, 0) is 0 Å². The van der Waals surface area contributed by atoms with E-state index in [-0.39, 0.29) is 0 Å². The molecule has 0 aliphatic carbocycles. The molecule has 0 aromatic carbocycles. The van der Waals surface area contributed by atoms with E-state index in [1.54, 1.807) is 6.07 Å². The molecular weight excluding hydrogens is 293 g/mol. The number of piperidine rings is 1. The summed E-state index contributed by atoms with van der Waals surface area (Å²) in [6.07, 6.45) is 4.76. The Labute approximate surface area is 131 Å². The lowest BCUT2D eigenvalue weighted by Crippen LogP contribution is -2.36. The van der Waals surface area contributed by atoms with Crippen LogP contribution in [0.3, 0.4) is 0 Å². The van der Waals surface area contributed by atoms with Gasteiger partial charge in [0.2, 0.25) is 0 Å². The van der Waals surface area contributed by atoms with E-state index in [9.17, 15) is 0 Å². The van der Waals surface area contributed by atoms with E-state index in [1.807, 2.05) is 0 Å². The zero-order valence-corrected chi connectivity index (χ0v) is 13.8. The number of pyridine rings is 1. The Morgan fingerprint density at radius 2 is 2.15 bits per heavy atom. The first kappa shape index (κ1) is 15.7. The summed E-state index contributed by atoms with van der Waals surface area (Å²) in [5.74, 6) is 2.35. The van der Waals surface area contributed by atoms with Gasteiger partial charge in [0.1, 0.15) is 11.6 Å². The normalized spacial score (nSPS) is 19.2. The first-order chi connectivity index (χ1) is 9.65. The number of anilines is 2. The third-order valence-electron chi connectivity index (χ3n) is 3.85. The molecule has 1 aromatic rings. The van der Waals surface area contributed by atoms with Crippen molar-refractivity contribution in [2.24, 2.45) is 5.92 Å². The predicted molar refractivity (Wildman–Crippen MR) is 88.3 cm³/mol. The smallest absolute Gasteiger partial charge is 0.149 e. The van der Waals surface area contributed by atoms with Crippen molar-refractivity contribution >= 4 is 34.8 Å². The molecule has 112 valence electrons. The number of nitrogens with one attached hydrogen (secondary N) is 1. The first-order valence-electron chi connectivity index (χ1n) is 7.50. The average molecular weight is 316 g/mol. The van der Waals surface area contributed by atoms with Gasteiger partial charge in [0.05, 0.1) is 10.0 Å². The molecule has 0 radical (unpaired) electrons. The minimum atomic E-state index is 0.594. The fourth-order valence-corrected chi connectivity index (χ4v) is 3.18. The van der Waals surface area contributed by atoms with Gasteiger partial charge < -0.3 is 10.2 Å². The third kappa shape index (κ3) is 3.70. The molecule has 0 spiro atoms. The van der Waals surface area contributed by atoms with Crippen LogP contribution in [0.1, 0.15) is 39.5 Å². The van der Waals surface area contributed by atoms with Crippen LogP contribution in [0, 0.1) is 5.92 Å². The van der Waals surface area contributed by atoms with Gasteiger partial charge >= 0.3 is 0 Å². The summed E-state index contributed by atoms with van der Waals surface area (Å²) in [5, 5.41) is 4.51. The fraction of sp³-hybridized carbons (Fsp3) is 0.667. The van der Waals surface area contributed by atoms with E-state index in [1.165, 1.54) is 19.3 Å². The Bertz CT molecular complexity index is 451. The molecule has 1 aromatic heterocycles. The van der Waals surface area contributed by atoms with Crippen LogP contribution < -0.4 is 10.2 Å². The van der Waals surface area contributed by atoms with Crippen molar-refractivity contribution in [3.63, 3.8) is 0 Å². The topological polar surface area (TPSA) is 28.2 Å². The maximum absolute atomic E-state index is 6.34. The van der Waals surface area contributed by atoms with Crippen molar-refractivity contribution in [2.45, 2.75) is 39.5 Å². The van der Waals surface area contributed by atoms with Gasteiger partial charge in [-0.3, -0.25) is 0 Å². The van der Waals surface area contributed by atoms with Crippen LogP contribution >= 0.6 is 23.2 Å². The highest BCUT2D eigenvalue weighted by molar-refractivity contribution is 6.37. The van der Waals surface area contributed by atoms with Gasteiger partial charge in [0, 0.05) is 19.6 Å². The van der Waals surface area contributed by atoms with E-state index in [4.69, 9.17) is 23.2 Å². The summed E-state index contributed by atoms with van der Waals surface area (Å²) in [4.78, 5) is 6.95. The molecule has 2 heterocycles. The predicted octanol–water partition coefficient (Wildman–Crippen LogP) is 4.84. The molecule has 1 N–H and O–H groups in total. The van der Waals surface area contributed by atoms with Crippen molar-refractivity contribution in [3.05, 3.63) is 16.1 Å². The van der Waals surface area contributed by atoms with Gasteiger partial charge in [-0.1, -0.05) is 43.5 Å². The Balaban J connectivity index is 2.21. The molecular formula is C15H23Cl2N3. The van der Waals surface area contributed by atoms with Gasteiger partial charge in [0.15, 0.2) is 0 Å². The lowest BCUT2D eigenvalue weighted by molar-refractivity contribution is 0.403. The van der Waals surface area contributed by atoms with Crippen molar-refractivity contribution < 1.29 is 0 Å². The molecule has 1 aliphatic heterocycles. The molecule has 3 nitrogen and oxygen atoms in total. The van der Waals surface area contributed by atoms with Gasteiger partial charge in [-0.15, -0.1) is 0 Å². The summed E-state index contributed by atoms with van der Waals surface area (Å²) in [5.41, 5.74) is 0. The lowest BCUT2D eigenvalue weighted by atomic mass is 9.96. The van der Waals surface area contributed by atoms with E-state index >= 15 is 0 Å². The van der Waals surface area contributed by atoms with Crippen LogP contribution in [0.4, 0.5) is 11.6 Å². The summed E-state index contributed by atoms with van der Waals surface area (Å²) in [6.45, 7) is 7.30. The van der Waals surface area contributed by atoms with Gasteiger partial charge in [-0.2, -0.15) is 0 Å². The van der Waals surface area contributed by atoms with Crippen LogP contribution in [0.5, 0.6) is 0 Å². The molecule has 2 rings (SSSR count). The largest absolute Gasteiger partial charge is 0.369 e. The highest BCUT2D eigenvalue weighted by Gasteiger charge is 2.22. The van der Waals surface area contributed by atoms with Crippen molar-refractivity contribution in [1.29, 1.82) is 0 Å². The van der Waals surface area contributed by atoms with Crippen LogP contribution in [0.15, 0.2) is 6.07 Å². The van der Waals surface area contributed by atoms with Crippen LogP contribution in [0.2, 0.25) is 10.0 Å². The third-order valence-corrected chi connectivity index (χ3v) is 4.42. The second kappa shape index (κ2) is 7.37. The molecule has 20 heavy (non-hydrogen) atoms. The van der Waals surface area contributed by atoms with E-state index in [2.05, 4.69) is 29.0 Å². The second-order valence-electron chi connectivity index (χ2n) is 5.41. The molecule has 0 amide bonds. The fourth-order valence-electron chi connectivity index (χ4n) is 2.64. The standard InChI is InChI=1S/C15H23Cl2N3/c1-3-7-18-14-12(16)9-13(17)15(19-14)20-8-5-6-11(4-2)10-20/h9,11H,3-8,10H2,1-2H3,(H,18,19). The Morgan fingerprint density at radius 3 is 2.85 bits per heavy atom. The highest BCUT2D eigenvalue weighted by Crippen LogP contribution is 2.34. The van der Waals surface area contributed by atoms with Crippen LogP contribution in [0.25, 0.3) is 0 Å². The van der Waals surface area contributed by atoms with Gasteiger partial charge in [-0.25, -0.2) is 4.98 Å².